The van der Waals surface area contributed by atoms with E-state index in [1.807, 2.05) is 12.1 Å². The van der Waals surface area contributed by atoms with E-state index in [1.54, 1.807) is 0 Å². The fourth-order valence-corrected chi connectivity index (χ4v) is 4.02. The lowest BCUT2D eigenvalue weighted by molar-refractivity contribution is 0.1000. The molecular formula is C18H25NO2. The number of hydrogen-bond donors (Lipinski definition) is 1. The maximum absolute atomic E-state index is 9.17. The standard InChI is InChI=1S/C18H25NO2/c1-12-9-13(2)11-14(10-12)21-18-8-4-5-15-16(18)6-3-7-17(15)19-20/h4-5,8,12-14,20H,3,6-7,9-11H2,1-2H3. The maximum atomic E-state index is 9.17. The molecule has 3 rings (SSSR count). The first-order valence-electron chi connectivity index (χ1n) is 8.17. The zero-order chi connectivity index (χ0) is 14.8. The van der Waals surface area contributed by atoms with E-state index in [-0.39, 0.29) is 0 Å². The molecule has 2 aliphatic carbocycles. The van der Waals surface area contributed by atoms with Gasteiger partial charge in [-0.25, -0.2) is 0 Å². The number of ether oxygens (including phenoxy) is 1. The van der Waals surface area contributed by atoms with Gasteiger partial charge in [-0.1, -0.05) is 31.1 Å². The van der Waals surface area contributed by atoms with E-state index in [0.717, 1.165) is 61.0 Å². The molecule has 0 radical (unpaired) electrons. The zero-order valence-electron chi connectivity index (χ0n) is 13.0. The van der Waals surface area contributed by atoms with Gasteiger partial charge in [0.2, 0.25) is 0 Å². The predicted octanol–water partition coefficient (Wildman–Crippen LogP) is 4.40. The van der Waals surface area contributed by atoms with Gasteiger partial charge in [0.15, 0.2) is 0 Å². The van der Waals surface area contributed by atoms with Crippen LogP contribution in [0.4, 0.5) is 0 Å². The second-order valence-electron chi connectivity index (χ2n) is 6.84. The van der Waals surface area contributed by atoms with Crippen molar-refractivity contribution < 1.29 is 9.94 Å². The molecule has 1 aromatic carbocycles. The Morgan fingerprint density at radius 3 is 2.57 bits per heavy atom. The summed E-state index contributed by atoms with van der Waals surface area (Å²) in [5.41, 5.74) is 3.09. The van der Waals surface area contributed by atoms with Gasteiger partial charge in [0.25, 0.3) is 0 Å². The average molecular weight is 287 g/mol. The molecule has 3 nitrogen and oxygen atoms in total. The summed E-state index contributed by atoms with van der Waals surface area (Å²) in [4.78, 5) is 0. The van der Waals surface area contributed by atoms with E-state index < -0.39 is 0 Å². The molecule has 1 fully saturated rings. The third kappa shape index (κ3) is 3.07. The number of fused-ring (bicyclic) bond motifs is 1. The van der Waals surface area contributed by atoms with Gasteiger partial charge in [0, 0.05) is 11.1 Å². The Morgan fingerprint density at radius 1 is 1.10 bits per heavy atom. The van der Waals surface area contributed by atoms with E-state index in [1.165, 1.54) is 12.0 Å². The largest absolute Gasteiger partial charge is 0.490 e. The van der Waals surface area contributed by atoms with E-state index in [0.29, 0.717) is 6.10 Å². The van der Waals surface area contributed by atoms with Crippen LogP contribution in [-0.4, -0.2) is 17.0 Å². The molecule has 1 aromatic rings. The first-order valence-corrected chi connectivity index (χ1v) is 8.17. The van der Waals surface area contributed by atoms with Crippen LogP contribution in [0.25, 0.3) is 0 Å². The predicted molar refractivity (Wildman–Crippen MR) is 84.3 cm³/mol. The van der Waals surface area contributed by atoms with Crippen molar-refractivity contribution in [3.8, 4) is 5.75 Å². The summed E-state index contributed by atoms with van der Waals surface area (Å²) in [6.45, 7) is 4.64. The van der Waals surface area contributed by atoms with Gasteiger partial charge in [-0.3, -0.25) is 0 Å². The normalized spacial score (nSPS) is 31.0. The smallest absolute Gasteiger partial charge is 0.123 e. The van der Waals surface area contributed by atoms with Gasteiger partial charge >= 0.3 is 0 Å². The van der Waals surface area contributed by atoms with Gasteiger partial charge in [-0.15, -0.1) is 0 Å². The maximum Gasteiger partial charge on any atom is 0.123 e. The molecule has 0 aliphatic heterocycles. The van der Waals surface area contributed by atoms with E-state index in [2.05, 4.69) is 25.1 Å². The van der Waals surface area contributed by atoms with Crippen LogP contribution in [0.1, 0.15) is 57.1 Å². The Labute approximate surface area is 127 Å². The van der Waals surface area contributed by atoms with Crippen LogP contribution in [0.3, 0.4) is 0 Å². The molecule has 21 heavy (non-hydrogen) atoms. The molecule has 1 saturated carbocycles. The molecule has 0 bridgehead atoms. The summed E-state index contributed by atoms with van der Waals surface area (Å²) < 4.78 is 6.35. The molecule has 0 aromatic heterocycles. The summed E-state index contributed by atoms with van der Waals surface area (Å²) in [5.74, 6) is 2.49. The molecule has 0 heterocycles. The first-order chi connectivity index (χ1) is 10.2. The summed E-state index contributed by atoms with van der Waals surface area (Å²) >= 11 is 0. The Morgan fingerprint density at radius 2 is 1.86 bits per heavy atom. The molecule has 2 atom stereocenters. The highest BCUT2D eigenvalue weighted by Crippen LogP contribution is 2.35. The van der Waals surface area contributed by atoms with Crippen molar-refractivity contribution in [2.75, 3.05) is 0 Å². The van der Waals surface area contributed by atoms with Crippen molar-refractivity contribution in [2.24, 2.45) is 17.0 Å². The monoisotopic (exact) mass is 287 g/mol. The highest BCUT2D eigenvalue weighted by Gasteiger charge is 2.27. The van der Waals surface area contributed by atoms with Crippen LogP contribution >= 0.6 is 0 Å². The average Bonchev–Trinajstić information content (AvgIpc) is 2.46. The van der Waals surface area contributed by atoms with Gasteiger partial charge in [-0.05, 0) is 56.4 Å². The molecule has 0 saturated heterocycles. The first kappa shape index (κ1) is 14.4. The molecule has 0 spiro atoms. The van der Waals surface area contributed by atoms with Crippen molar-refractivity contribution in [1.82, 2.24) is 0 Å². The molecule has 0 amide bonds. The lowest BCUT2D eigenvalue weighted by Crippen LogP contribution is -2.29. The van der Waals surface area contributed by atoms with Crippen LogP contribution in [0, 0.1) is 11.8 Å². The summed E-state index contributed by atoms with van der Waals surface area (Å²) in [7, 11) is 0. The van der Waals surface area contributed by atoms with E-state index >= 15 is 0 Å². The minimum atomic E-state index is 0.326. The number of hydrogen-bond acceptors (Lipinski definition) is 3. The third-order valence-corrected chi connectivity index (χ3v) is 4.83. The van der Waals surface area contributed by atoms with Crippen molar-refractivity contribution in [3.63, 3.8) is 0 Å². The topological polar surface area (TPSA) is 41.8 Å². The fourth-order valence-electron chi connectivity index (χ4n) is 4.02. The lowest BCUT2D eigenvalue weighted by atomic mass is 9.81. The lowest BCUT2D eigenvalue weighted by Gasteiger charge is -2.33. The van der Waals surface area contributed by atoms with Crippen LogP contribution in [-0.2, 0) is 6.42 Å². The quantitative estimate of drug-likeness (QED) is 0.647. The molecule has 3 heteroatoms. The second kappa shape index (κ2) is 6.08. The number of oxime groups is 1. The van der Waals surface area contributed by atoms with Crippen molar-refractivity contribution in [3.05, 3.63) is 29.3 Å². The van der Waals surface area contributed by atoms with Gasteiger partial charge in [0.05, 0.1) is 11.8 Å². The minimum absolute atomic E-state index is 0.326. The van der Waals surface area contributed by atoms with Gasteiger partial charge in [-0.2, -0.15) is 0 Å². The van der Waals surface area contributed by atoms with Gasteiger partial charge < -0.3 is 9.94 Å². The van der Waals surface area contributed by atoms with Crippen LogP contribution in [0.15, 0.2) is 23.4 Å². The zero-order valence-corrected chi connectivity index (χ0v) is 13.0. The molecule has 114 valence electrons. The van der Waals surface area contributed by atoms with Gasteiger partial charge in [0.1, 0.15) is 5.75 Å². The Balaban J connectivity index is 1.83. The SMILES string of the molecule is CC1CC(C)CC(Oc2cccc3c2CCCC3=NO)C1. The summed E-state index contributed by atoms with van der Waals surface area (Å²) in [6, 6.07) is 6.13. The van der Waals surface area contributed by atoms with Crippen LogP contribution in [0.5, 0.6) is 5.75 Å². The van der Waals surface area contributed by atoms with Crippen LogP contribution in [0.2, 0.25) is 0 Å². The molecule has 2 unspecified atom stereocenters. The van der Waals surface area contributed by atoms with Crippen LogP contribution < -0.4 is 4.74 Å². The third-order valence-electron chi connectivity index (χ3n) is 4.83. The molecule has 1 N–H and O–H groups in total. The molecule has 2 aliphatic rings. The Bertz CT molecular complexity index is 528. The van der Waals surface area contributed by atoms with E-state index in [9.17, 15) is 0 Å². The Hall–Kier alpha value is -1.51. The summed E-state index contributed by atoms with van der Waals surface area (Å²) in [6.07, 6.45) is 6.83. The Kier molecular flexibility index (Phi) is 4.18. The number of rotatable bonds is 2. The van der Waals surface area contributed by atoms with E-state index in [4.69, 9.17) is 9.94 Å². The van der Waals surface area contributed by atoms with Crippen molar-refractivity contribution >= 4 is 5.71 Å². The minimum Gasteiger partial charge on any atom is -0.490 e. The highest BCUT2D eigenvalue weighted by molar-refractivity contribution is 6.02. The fraction of sp³-hybridized carbons (Fsp3) is 0.611. The van der Waals surface area contributed by atoms with Crippen molar-refractivity contribution in [2.45, 2.75) is 58.5 Å². The highest BCUT2D eigenvalue weighted by atomic mass is 16.5. The number of nitrogens with zero attached hydrogens (tertiary/aromatic N) is 1. The number of benzene rings is 1. The van der Waals surface area contributed by atoms with Crippen molar-refractivity contribution in [1.29, 1.82) is 0 Å². The second-order valence-corrected chi connectivity index (χ2v) is 6.84. The molecular weight excluding hydrogens is 262 g/mol. The summed E-state index contributed by atoms with van der Waals surface area (Å²) in [5, 5.41) is 12.6.